The topological polar surface area (TPSA) is 113 Å². The van der Waals surface area contributed by atoms with Gasteiger partial charge >= 0.3 is 5.03 Å². The van der Waals surface area contributed by atoms with Gasteiger partial charge in [0.15, 0.2) is 0 Å². The molecule has 1 aromatic heterocycles. The second-order valence-corrected chi connectivity index (χ2v) is 3.34. The molecule has 0 aromatic carbocycles. The van der Waals surface area contributed by atoms with Crippen LogP contribution in [0, 0.1) is 12.1 Å². The highest BCUT2D eigenvalue weighted by atomic mass is 32.2. The van der Waals surface area contributed by atoms with E-state index in [4.69, 9.17) is 0 Å². The molecule has 0 bridgehead atoms. The molecule has 0 aliphatic carbocycles. The molecule has 8 heteroatoms. The van der Waals surface area contributed by atoms with Gasteiger partial charge in [-0.15, -0.1) is 0 Å². The first-order chi connectivity index (χ1) is 4.93. The SMILES string of the molecule is Cc1c(S(N)(=O)=O)no[n+]1[O-]. The van der Waals surface area contributed by atoms with Crippen LogP contribution in [0.15, 0.2) is 9.65 Å². The van der Waals surface area contributed by atoms with Gasteiger partial charge < -0.3 is 5.21 Å². The Hall–Kier alpha value is -1.15. The van der Waals surface area contributed by atoms with Crippen LogP contribution < -0.4 is 10.0 Å². The van der Waals surface area contributed by atoms with Crippen LogP contribution in [0.1, 0.15) is 5.69 Å². The van der Waals surface area contributed by atoms with Gasteiger partial charge in [-0.25, -0.2) is 13.6 Å². The molecule has 7 nitrogen and oxygen atoms in total. The smallest absolute Gasteiger partial charge is 0.348 e. The Kier molecular flexibility index (Phi) is 1.57. The van der Waals surface area contributed by atoms with Crippen molar-refractivity contribution in [3.63, 3.8) is 0 Å². The molecule has 0 atom stereocenters. The molecule has 0 aliphatic rings. The van der Waals surface area contributed by atoms with E-state index in [9.17, 15) is 13.6 Å². The van der Waals surface area contributed by atoms with E-state index in [1.165, 1.54) is 6.92 Å². The summed E-state index contributed by atoms with van der Waals surface area (Å²) in [4.78, 5) is -0.0280. The normalized spacial score (nSPS) is 11.8. The minimum Gasteiger partial charge on any atom is -0.359 e. The molecular formula is C3H5N3O4S. The lowest BCUT2D eigenvalue weighted by molar-refractivity contribution is -0.807. The lowest BCUT2D eigenvalue weighted by Crippen LogP contribution is -2.27. The van der Waals surface area contributed by atoms with E-state index in [0.29, 0.717) is 0 Å². The number of hydrogen-bond donors (Lipinski definition) is 1. The Balaban J connectivity index is 3.38. The van der Waals surface area contributed by atoms with Crippen molar-refractivity contribution in [3.8, 4) is 0 Å². The minimum atomic E-state index is -3.94. The lowest BCUT2D eigenvalue weighted by atomic mass is 10.6. The van der Waals surface area contributed by atoms with Crippen molar-refractivity contribution >= 4 is 10.0 Å². The average Bonchev–Trinajstić information content (AvgIpc) is 2.11. The number of nitrogens with two attached hydrogens (primary N) is 1. The van der Waals surface area contributed by atoms with E-state index < -0.39 is 15.0 Å². The molecule has 1 aromatic rings. The highest BCUT2D eigenvalue weighted by molar-refractivity contribution is 7.89. The van der Waals surface area contributed by atoms with E-state index in [0.717, 1.165) is 0 Å². The van der Waals surface area contributed by atoms with E-state index in [1.807, 2.05) is 0 Å². The molecule has 2 N–H and O–H groups in total. The maximum Gasteiger partial charge on any atom is 0.348 e. The second-order valence-electron chi connectivity index (χ2n) is 1.87. The summed E-state index contributed by atoms with van der Waals surface area (Å²) in [5, 5.41) is 17.5. The molecule has 62 valence electrons. The van der Waals surface area contributed by atoms with Crippen LogP contribution in [0.25, 0.3) is 0 Å². The molecule has 1 heterocycles. The van der Waals surface area contributed by atoms with Gasteiger partial charge in [-0.2, -0.15) is 0 Å². The van der Waals surface area contributed by atoms with Crippen LogP contribution in [-0.2, 0) is 10.0 Å². The fourth-order valence-corrected chi connectivity index (χ4v) is 1.16. The number of nitrogens with zero attached hydrogens (tertiary/aromatic N) is 2. The third-order valence-electron chi connectivity index (χ3n) is 1.05. The summed E-state index contributed by atoms with van der Waals surface area (Å²) in [6.45, 7) is 1.24. The van der Waals surface area contributed by atoms with Crippen molar-refractivity contribution in [2.24, 2.45) is 5.14 Å². The summed E-state index contributed by atoms with van der Waals surface area (Å²) in [6, 6.07) is 0. The van der Waals surface area contributed by atoms with Gasteiger partial charge in [0, 0.05) is 6.92 Å². The Labute approximate surface area is 62.0 Å². The van der Waals surface area contributed by atoms with Gasteiger partial charge in [0.1, 0.15) is 0 Å². The fourth-order valence-electron chi connectivity index (χ4n) is 0.537. The predicted octanol–water partition coefficient (Wildman–Crippen LogP) is -1.74. The number of aromatic nitrogens is 2. The molecule has 0 aliphatic heterocycles. The largest absolute Gasteiger partial charge is 0.359 e. The van der Waals surface area contributed by atoms with Crippen molar-refractivity contribution in [2.45, 2.75) is 11.9 Å². The van der Waals surface area contributed by atoms with Crippen LogP contribution in [0.4, 0.5) is 0 Å². The summed E-state index contributed by atoms with van der Waals surface area (Å²) in [7, 11) is -3.94. The monoisotopic (exact) mass is 179 g/mol. The average molecular weight is 179 g/mol. The molecule has 0 saturated heterocycles. The zero-order valence-corrected chi connectivity index (χ0v) is 6.33. The van der Waals surface area contributed by atoms with Crippen LogP contribution in [-0.4, -0.2) is 13.6 Å². The Morgan fingerprint density at radius 2 is 2.27 bits per heavy atom. The van der Waals surface area contributed by atoms with Crippen molar-refractivity contribution < 1.29 is 17.9 Å². The zero-order chi connectivity index (χ0) is 8.65. The summed E-state index contributed by atoms with van der Waals surface area (Å²) >= 11 is 0. The fraction of sp³-hybridized carbons (Fsp3) is 0.333. The first-order valence-corrected chi connectivity index (χ1v) is 4.06. The molecule has 0 saturated carbocycles. The molecule has 0 amide bonds. The number of hydrogen-bond acceptors (Lipinski definition) is 5. The molecule has 1 rings (SSSR count). The van der Waals surface area contributed by atoms with Crippen molar-refractivity contribution in [1.29, 1.82) is 0 Å². The highest BCUT2D eigenvalue weighted by Crippen LogP contribution is 2.03. The lowest BCUT2D eigenvalue weighted by Gasteiger charge is -1.85. The predicted molar refractivity (Wildman–Crippen MR) is 31.6 cm³/mol. The van der Waals surface area contributed by atoms with Crippen molar-refractivity contribution in [1.82, 2.24) is 5.16 Å². The zero-order valence-electron chi connectivity index (χ0n) is 5.51. The molecule has 0 spiro atoms. The molecule has 11 heavy (non-hydrogen) atoms. The quantitative estimate of drug-likeness (QED) is 0.514. The van der Waals surface area contributed by atoms with Gasteiger partial charge in [0.2, 0.25) is 5.69 Å². The second kappa shape index (κ2) is 2.17. The van der Waals surface area contributed by atoms with E-state index in [-0.39, 0.29) is 10.6 Å². The Morgan fingerprint density at radius 1 is 1.73 bits per heavy atom. The van der Waals surface area contributed by atoms with Crippen LogP contribution in [0.5, 0.6) is 0 Å². The highest BCUT2D eigenvalue weighted by Gasteiger charge is 2.25. The summed E-state index contributed by atoms with van der Waals surface area (Å²) in [6.07, 6.45) is 0. The van der Waals surface area contributed by atoms with Crippen LogP contribution >= 0.6 is 0 Å². The van der Waals surface area contributed by atoms with Gasteiger partial charge in [0.25, 0.3) is 10.0 Å². The van der Waals surface area contributed by atoms with Crippen LogP contribution in [0.3, 0.4) is 0 Å². The maximum absolute atomic E-state index is 10.6. The third kappa shape index (κ3) is 1.30. The van der Waals surface area contributed by atoms with Gasteiger partial charge in [-0.3, -0.25) is 4.63 Å². The minimum absolute atomic E-state index is 0.0280. The summed E-state index contributed by atoms with van der Waals surface area (Å²) in [5.74, 6) is 0. The molecule has 0 unspecified atom stereocenters. The maximum atomic E-state index is 10.6. The summed E-state index contributed by atoms with van der Waals surface area (Å²) in [5.41, 5.74) is -0.174. The van der Waals surface area contributed by atoms with Crippen LogP contribution in [0.2, 0.25) is 0 Å². The van der Waals surface area contributed by atoms with E-state index >= 15 is 0 Å². The van der Waals surface area contributed by atoms with E-state index in [1.54, 1.807) is 0 Å². The Bertz CT molecular complexity index is 366. The standard InChI is InChI=1S/C3H5N3O4S/c1-2-3(11(4,8)9)5-10-6(2)7/h1H3,(H2,4,8,9). The first kappa shape index (κ1) is 7.95. The first-order valence-electron chi connectivity index (χ1n) is 2.52. The molecule has 0 fully saturated rings. The molecular weight excluding hydrogens is 174 g/mol. The Morgan fingerprint density at radius 3 is 2.45 bits per heavy atom. The summed E-state index contributed by atoms with van der Waals surface area (Å²) < 4.78 is 25.1. The van der Waals surface area contributed by atoms with Crippen molar-refractivity contribution in [3.05, 3.63) is 10.9 Å². The van der Waals surface area contributed by atoms with Gasteiger partial charge in [0.05, 0.1) is 5.16 Å². The number of primary sulfonamides is 1. The van der Waals surface area contributed by atoms with Gasteiger partial charge in [-0.05, 0) is 4.90 Å². The number of rotatable bonds is 1. The van der Waals surface area contributed by atoms with Crippen molar-refractivity contribution in [2.75, 3.05) is 0 Å². The van der Waals surface area contributed by atoms with E-state index in [2.05, 4.69) is 14.9 Å². The molecule has 0 radical (unpaired) electrons. The number of sulfonamides is 1. The van der Waals surface area contributed by atoms with Gasteiger partial charge in [-0.1, -0.05) is 0 Å². The third-order valence-corrected chi connectivity index (χ3v) is 1.96.